The number of carbonyl (C=O) groups excluding carboxylic acids is 1. The van der Waals surface area contributed by atoms with Crippen molar-refractivity contribution in [3.05, 3.63) is 33.8 Å². The molecule has 1 aromatic rings. The lowest BCUT2D eigenvalue weighted by molar-refractivity contribution is -0.138. The summed E-state index contributed by atoms with van der Waals surface area (Å²) in [6, 6.07) is 3.40. The molecule has 20 heavy (non-hydrogen) atoms. The Morgan fingerprint density at radius 1 is 1.35 bits per heavy atom. The summed E-state index contributed by atoms with van der Waals surface area (Å²) in [7, 11) is 0. The van der Waals surface area contributed by atoms with Crippen LogP contribution < -0.4 is 0 Å². The summed E-state index contributed by atoms with van der Waals surface area (Å²) in [6.45, 7) is 3.89. The Balaban J connectivity index is 3.28. The van der Waals surface area contributed by atoms with Crippen LogP contribution in [0.15, 0.2) is 22.7 Å². The average molecular weight is 417 g/mol. The normalized spacial score (nSPS) is 11.8. The molecule has 0 heterocycles. The van der Waals surface area contributed by atoms with Crippen LogP contribution in [-0.4, -0.2) is 28.7 Å². The Bertz CT molecular complexity index is 489. The van der Waals surface area contributed by atoms with E-state index in [1.807, 2.05) is 0 Å². The number of hydrogen-bond donors (Lipinski definition) is 0. The van der Waals surface area contributed by atoms with Gasteiger partial charge in [0, 0.05) is 22.4 Å². The van der Waals surface area contributed by atoms with Gasteiger partial charge in [0.2, 0.25) is 0 Å². The Labute approximate surface area is 132 Å². The number of carbonyl (C=O) groups is 1. The van der Waals surface area contributed by atoms with E-state index in [4.69, 9.17) is 0 Å². The highest BCUT2D eigenvalue weighted by Gasteiger charge is 2.36. The molecule has 0 unspecified atom stereocenters. The average Bonchev–Trinajstić information content (AvgIpc) is 2.33. The summed E-state index contributed by atoms with van der Waals surface area (Å²) in [5.41, 5.74) is -1.24. The lowest BCUT2D eigenvalue weighted by Gasteiger charge is -2.27. The molecule has 7 heteroatoms. The molecular weight excluding hydrogens is 403 g/mol. The van der Waals surface area contributed by atoms with E-state index < -0.39 is 17.6 Å². The Morgan fingerprint density at radius 3 is 2.40 bits per heavy atom. The second-order valence-corrected chi connectivity index (χ2v) is 6.18. The molecule has 1 amide bonds. The fraction of sp³-hybridized carbons (Fsp3) is 0.462. The summed E-state index contributed by atoms with van der Waals surface area (Å²) in [4.78, 5) is 13.8. The van der Waals surface area contributed by atoms with Crippen molar-refractivity contribution in [2.24, 2.45) is 0 Å². The number of nitrogens with zero attached hydrogens (tertiary/aromatic N) is 1. The molecule has 0 aromatic heterocycles. The van der Waals surface area contributed by atoms with Crippen molar-refractivity contribution in [3.8, 4) is 0 Å². The first-order chi connectivity index (χ1) is 9.18. The molecule has 0 radical (unpaired) electrons. The zero-order valence-electron chi connectivity index (χ0n) is 11.0. The van der Waals surface area contributed by atoms with Gasteiger partial charge in [0.1, 0.15) is 0 Å². The fourth-order valence-electron chi connectivity index (χ4n) is 1.78. The van der Waals surface area contributed by atoms with Crippen LogP contribution in [0.4, 0.5) is 13.2 Å². The van der Waals surface area contributed by atoms with Crippen LogP contribution in [0.5, 0.6) is 0 Å². The topological polar surface area (TPSA) is 20.3 Å². The molecule has 0 aliphatic carbocycles. The lowest BCUT2D eigenvalue weighted by Crippen LogP contribution is -2.39. The number of amides is 1. The Hall–Kier alpha value is -0.560. The SMILES string of the molecule is CC(C)N(CCBr)C(=O)c1ccc(Br)cc1C(F)(F)F. The predicted octanol–water partition coefficient (Wildman–Crippen LogP) is 4.71. The van der Waals surface area contributed by atoms with Gasteiger partial charge in [-0.2, -0.15) is 13.2 Å². The van der Waals surface area contributed by atoms with Crippen LogP contribution >= 0.6 is 31.9 Å². The fourth-order valence-corrected chi connectivity index (χ4v) is 2.52. The second-order valence-electron chi connectivity index (χ2n) is 4.47. The van der Waals surface area contributed by atoms with E-state index in [1.165, 1.54) is 17.0 Å². The third kappa shape index (κ3) is 4.22. The van der Waals surface area contributed by atoms with Crippen molar-refractivity contribution in [2.75, 3.05) is 11.9 Å². The highest BCUT2D eigenvalue weighted by atomic mass is 79.9. The summed E-state index contributed by atoms with van der Waals surface area (Å²) >= 11 is 6.21. The second kappa shape index (κ2) is 6.93. The minimum absolute atomic E-state index is 0.176. The summed E-state index contributed by atoms with van der Waals surface area (Å²) in [6.07, 6.45) is -4.56. The smallest absolute Gasteiger partial charge is 0.335 e. The molecule has 0 N–H and O–H groups in total. The molecule has 1 aromatic carbocycles. The van der Waals surface area contributed by atoms with E-state index in [2.05, 4.69) is 31.9 Å². The monoisotopic (exact) mass is 415 g/mol. The molecule has 1 rings (SSSR count). The van der Waals surface area contributed by atoms with Crippen molar-refractivity contribution in [1.82, 2.24) is 4.90 Å². The number of rotatable bonds is 4. The van der Waals surface area contributed by atoms with E-state index in [1.54, 1.807) is 13.8 Å². The van der Waals surface area contributed by atoms with Gasteiger partial charge in [-0.15, -0.1) is 0 Å². The van der Waals surface area contributed by atoms with Crippen molar-refractivity contribution in [1.29, 1.82) is 0 Å². The molecule has 0 saturated carbocycles. The molecule has 0 fully saturated rings. The maximum Gasteiger partial charge on any atom is 0.417 e. The maximum absolute atomic E-state index is 13.0. The van der Waals surface area contributed by atoms with E-state index in [-0.39, 0.29) is 16.1 Å². The molecular formula is C13H14Br2F3NO. The third-order valence-corrected chi connectivity index (χ3v) is 3.57. The van der Waals surface area contributed by atoms with Crippen LogP contribution in [0, 0.1) is 0 Å². The Kier molecular flexibility index (Phi) is 6.06. The van der Waals surface area contributed by atoms with Crippen molar-refractivity contribution >= 4 is 37.8 Å². The molecule has 0 atom stereocenters. The van der Waals surface area contributed by atoms with E-state index in [0.717, 1.165) is 6.07 Å². The largest absolute Gasteiger partial charge is 0.417 e. The zero-order chi connectivity index (χ0) is 15.5. The first-order valence-corrected chi connectivity index (χ1v) is 7.83. The van der Waals surface area contributed by atoms with Gasteiger partial charge >= 0.3 is 6.18 Å². The Morgan fingerprint density at radius 2 is 1.95 bits per heavy atom. The first-order valence-electron chi connectivity index (χ1n) is 5.92. The number of benzene rings is 1. The maximum atomic E-state index is 13.0. The number of hydrogen-bond acceptors (Lipinski definition) is 1. The molecule has 112 valence electrons. The zero-order valence-corrected chi connectivity index (χ0v) is 14.1. The molecule has 0 aliphatic heterocycles. The molecule has 2 nitrogen and oxygen atoms in total. The lowest BCUT2D eigenvalue weighted by atomic mass is 10.1. The van der Waals surface area contributed by atoms with Crippen molar-refractivity contribution in [3.63, 3.8) is 0 Å². The van der Waals surface area contributed by atoms with Gasteiger partial charge in [0.05, 0.1) is 11.1 Å². The highest BCUT2D eigenvalue weighted by molar-refractivity contribution is 9.10. The minimum atomic E-state index is -4.56. The first kappa shape index (κ1) is 17.5. The minimum Gasteiger partial charge on any atom is -0.335 e. The number of halogens is 5. The van der Waals surface area contributed by atoms with E-state index in [9.17, 15) is 18.0 Å². The summed E-state index contributed by atoms with van der Waals surface area (Å²) in [5.74, 6) is -0.612. The van der Waals surface area contributed by atoms with Crippen LogP contribution in [0.1, 0.15) is 29.8 Å². The molecule has 0 bridgehead atoms. The van der Waals surface area contributed by atoms with Gasteiger partial charge in [-0.1, -0.05) is 31.9 Å². The summed E-state index contributed by atoms with van der Waals surface area (Å²) < 4.78 is 39.4. The van der Waals surface area contributed by atoms with Gasteiger partial charge in [-0.25, -0.2) is 0 Å². The van der Waals surface area contributed by atoms with Crippen LogP contribution in [0.3, 0.4) is 0 Å². The standard InChI is InChI=1S/C13H14Br2F3NO/c1-8(2)19(6-5-14)12(20)10-4-3-9(15)7-11(10)13(16,17)18/h3-4,7-8H,5-6H2,1-2H3. The van der Waals surface area contributed by atoms with Crippen LogP contribution in [0.25, 0.3) is 0 Å². The third-order valence-electron chi connectivity index (χ3n) is 2.73. The van der Waals surface area contributed by atoms with Gasteiger partial charge in [-0.3, -0.25) is 4.79 Å². The molecule has 0 spiro atoms. The van der Waals surface area contributed by atoms with Crippen LogP contribution in [0.2, 0.25) is 0 Å². The van der Waals surface area contributed by atoms with Gasteiger partial charge in [0.15, 0.2) is 0 Å². The quantitative estimate of drug-likeness (QED) is 0.650. The molecule has 0 saturated heterocycles. The van der Waals surface area contributed by atoms with E-state index >= 15 is 0 Å². The predicted molar refractivity (Wildman–Crippen MR) is 79.1 cm³/mol. The van der Waals surface area contributed by atoms with Crippen molar-refractivity contribution in [2.45, 2.75) is 26.1 Å². The van der Waals surface area contributed by atoms with Crippen molar-refractivity contribution < 1.29 is 18.0 Å². The van der Waals surface area contributed by atoms with Crippen LogP contribution in [-0.2, 0) is 6.18 Å². The summed E-state index contributed by atoms with van der Waals surface area (Å²) in [5, 5.41) is 0.509. The number of alkyl halides is 4. The van der Waals surface area contributed by atoms with Gasteiger partial charge < -0.3 is 4.90 Å². The molecule has 0 aliphatic rings. The van der Waals surface area contributed by atoms with E-state index in [0.29, 0.717) is 11.9 Å². The van der Waals surface area contributed by atoms with Gasteiger partial charge in [0.25, 0.3) is 5.91 Å². The highest BCUT2D eigenvalue weighted by Crippen LogP contribution is 2.34. The van der Waals surface area contributed by atoms with Gasteiger partial charge in [-0.05, 0) is 32.0 Å².